The number of carbonyl (C=O) groups excluding carboxylic acids is 2. The van der Waals surface area contributed by atoms with Gasteiger partial charge in [-0.15, -0.1) is 0 Å². The minimum Gasteiger partial charge on any atom is -0.342 e. The van der Waals surface area contributed by atoms with Gasteiger partial charge < -0.3 is 9.80 Å². The maximum absolute atomic E-state index is 13.2. The van der Waals surface area contributed by atoms with Crippen molar-refractivity contribution >= 4 is 11.8 Å². The van der Waals surface area contributed by atoms with Crippen molar-refractivity contribution in [2.24, 2.45) is 5.92 Å². The van der Waals surface area contributed by atoms with Gasteiger partial charge in [0.2, 0.25) is 5.91 Å². The quantitative estimate of drug-likeness (QED) is 0.815. The molecule has 0 aromatic heterocycles. The molecule has 0 aliphatic carbocycles. The van der Waals surface area contributed by atoms with E-state index in [0.717, 1.165) is 56.3 Å². The first-order chi connectivity index (χ1) is 13.7. The lowest BCUT2D eigenvalue weighted by Gasteiger charge is -2.33. The summed E-state index contributed by atoms with van der Waals surface area (Å²) < 4.78 is 0. The van der Waals surface area contributed by atoms with Crippen LogP contribution in [0.15, 0.2) is 54.6 Å². The van der Waals surface area contributed by atoms with Crippen LogP contribution in [-0.4, -0.2) is 47.8 Å². The van der Waals surface area contributed by atoms with Crippen molar-refractivity contribution in [1.82, 2.24) is 9.80 Å². The topological polar surface area (TPSA) is 40.6 Å². The van der Waals surface area contributed by atoms with Gasteiger partial charge in [0.15, 0.2) is 0 Å². The number of benzene rings is 2. The van der Waals surface area contributed by atoms with Crippen LogP contribution in [0.2, 0.25) is 0 Å². The summed E-state index contributed by atoms with van der Waals surface area (Å²) in [6, 6.07) is 18.2. The van der Waals surface area contributed by atoms with Gasteiger partial charge in [-0.3, -0.25) is 9.59 Å². The van der Waals surface area contributed by atoms with E-state index in [1.54, 1.807) is 0 Å². The average Bonchev–Trinajstić information content (AvgIpc) is 3.29. The fraction of sp³-hybridized carbons (Fsp3) is 0.417. The van der Waals surface area contributed by atoms with Gasteiger partial charge in [0.25, 0.3) is 5.91 Å². The van der Waals surface area contributed by atoms with Gasteiger partial charge in [-0.05, 0) is 49.3 Å². The van der Waals surface area contributed by atoms with Crippen molar-refractivity contribution in [3.05, 3.63) is 71.3 Å². The van der Waals surface area contributed by atoms with Crippen LogP contribution in [0.1, 0.15) is 47.2 Å². The second-order valence-corrected chi connectivity index (χ2v) is 7.92. The molecule has 0 atom stereocenters. The van der Waals surface area contributed by atoms with Crippen LogP contribution in [0.25, 0.3) is 0 Å². The minimum absolute atomic E-state index is 0.0849. The molecule has 2 heterocycles. The Labute approximate surface area is 167 Å². The summed E-state index contributed by atoms with van der Waals surface area (Å²) in [6.07, 6.45) is 4.57. The lowest BCUT2D eigenvalue weighted by molar-refractivity contribution is -0.135. The Morgan fingerprint density at radius 2 is 1.43 bits per heavy atom. The number of piperidine rings is 1. The van der Waals surface area contributed by atoms with Crippen LogP contribution in [0.4, 0.5) is 0 Å². The maximum atomic E-state index is 13.2. The van der Waals surface area contributed by atoms with Gasteiger partial charge >= 0.3 is 0 Å². The third-order valence-electron chi connectivity index (χ3n) is 6.03. The number of hydrogen-bond acceptors (Lipinski definition) is 2. The molecule has 2 aliphatic rings. The van der Waals surface area contributed by atoms with E-state index in [9.17, 15) is 9.59 Å². The highest BCUT2D eigenvalue weighted by Gasteiger charge is 2.31. The predicted molar refractivity (Wildman–Crippen MR) is 110 cm³/mol. The van der Waals surface area contributed by atoms with Crippen LogP contribution in [0.5, 0.6) is 0 Å². The Bertz CT molecular complexity index is 820. The molecule has 2 aromatic carbocycles. The van der Waals surface area contributed by atoms with E-state index in [-0.39, 0.29) is 11.8 Å². The molecule has 2 fully saturated rings. The number of hydrogen-bond donors (Lipinski definition) is 0. The van der Waals surface area contributed by atoms with Crippen molar-refractivity contribution in [2.75, 3.05) is 26.2 Å². The highest BCUT2D eigenvalue weighted by Crippen LogP contribution is 2.24. The number of likely N-dealkylation sites (tertiary alicyclic amines) is 2. The molecular weight excluding hydrogens is 348 g/mol. The van der Waals surface area contributed by atoms with Gasteiger partial charge in [-0.2, -0.15) is 0 Å². The van der Waals surface area contributed by atoms with Crippen molar-refractivity contribution in [3.8, 4) is 0 Å². The average molecular weight is 377 g/mol. The first-order valence-electron chi connectivity index (χ1n) is 10.4. The Balaban J connectivity index is 1.41. The zero-order valence-electron chi connectivity index (χ0n) is 16.3. The molecule has 4 nitrogen and oxygen atoms in total. The Hall–Kier alpha value is -2.62. The van der Waals surface area contributed by atoms with E-state index in [4.69, 9.17) is 0 Å². The third-order valence-corrected chi connectivity index (χ3v) is 6.03. The van der Waals surface area contributed by atoms with Crippen molar-refractivity contribution in [3.63, 3.8) is 0 Å². The smallest absolute Gasteiger partial charge is 0.254 e. The Morgan fingerprint density at radius 3 is 2.14 bits per heavy atom. The second kappa shape index (κ2) is 8.59. The molecule has 0 bridgehead atoms. The Kier molecular flexibility index (Phi) is 5.75. The molecule has 0 N–H and O–H groups in total. The Morgan fingerprint density at radius 1 is 0.786 bits per heavy atom. The summed E-state index contributed by atoms with van der Waals surface area (Å²) in [6.45, 7) is 3.15. The van der Waals surface area contributed by atoms with Gasteiger partial charge in [0.05, 0.1) is 0 Å². The monoisotopic (exact) mass is 376 g/mol. The van der Waals surface area contributed by atoms with Gasteiger partial charge in [-0.1, -0.05) is 48.5 Å². The molecule has 0 spiro atoms. The zero-order chi connectivity index (χ0) is 19.3. The van der Waals surface area contributed by atoms with E-state index in [2.05, 4.69) is 12.1 Å². The summed E-state index contributed by atoms with van der Waals surface area (Å²) in [5.41, 5.74) is 3.06. The van der Waals surface area contributed by atoms with Crippen LogP contribution in [-0.2, 0) is 11.2 Å². The standard InChI is InChI=1S/C24H28N2O2/c27-23(25-14-6-7-15-25)20-12-16-26(17-13-20)24(28)22-11-5-4-10-21(22)18-19-8-2-1-3-9-19/h1-5,8-11,20H,6-7,12-18H2. The van der Waals surface area contributed by atoms with Crippen LogP contribution in [0.3, 0.4) is 0 Å². The first-order valence-corrected chi connectivity index (χ1v) is 10.4. The van der Waals surface area contributed by atoms with Crippen molar-refractivity contribution < 1.29 is 9.59 Å². The highest BCUT2D eigenvalue weighted by molar-refractivity contribution is 5.96. The number of rotatable bonds is 4. The summed E-state index contributed by atoms with van der Waals surface area (Å²) in [4.78, 5) is 29.7. The molecule has 2 aromatic rings. The predicted octanol–water partition coefficient (Wildman–Crippen LogP) is 3.75. The zero-order valence-corrected chi connectivity index (χ0v) is 16.3. The highest BCUT2D eigenvalue weighted by atomic mass is 16.2. The molecule has 0 saturated carbocycles. The molecule has 4 heteroatoms. The van der Waals surface area contributed by atoms with Crippen LogP contribution >= 0.6 is 0 Å². The van der Waals surface area contributed by atoms with Crippen LogP contribution < -0.4 is 0 Å². The number of carbonyl (C=O) groups is 2. The fourth-order valence-electron chi connectivity index (χ4n) is 4.39. The maximum Gasteiger partial charge on any atom is 0.254 e. The van der Waals surface area contributed by atoms with E-state index >= 15 is 0 Å². The van der Waals surface area contributed by atoms with Gasteiger partial charge in [0.1, 0.15) is 0 Å². The molecule has 0 radical (unpaired) electrons. The summed E-state index contributed by atoms with van der Waals surface area (Å²) in [7, 11) is 0. The van der Waals surface area contributed by atoms with Gasteiger partial charge in [-0.25, -0.2) is 0 Å². The van der Waals surface area contributed by atoms with Gasteiger partial charge in [0, 0.05) is 37.7 Å². The molecular formula is C24H28N2O2. The third kappa shape index (κ3) is 4.11. The summed E-state index contributed by atoms with van der Waals surface area (Å²) in [5.74, 6) is 0.481. The molecule has 2 amide bonds. The van der Waals surface area contributed by atoms with E-state index in [0.29, 0.717) is 19.0 Å². The minimum atomic E-state index is 0.0849. The molecule has 2 aliphatic heterocycles. The largest absolute Gasteiger partial charge is 0.342 e. The fourth-order valence-corrected chi connectivity index (χ4v) is 4.39. The van der Waals surface area contributed by atoms with Crippen molar-refractivity contribution in [1.29, 1.82) is 0 Å². The number of nitrogens with zero attached hydrogens (tertiary/aromatic N) is 2. The number of amides is 2. The summed E-state index contributed by atoms with van der Waals surface area (Å²) in [5, 5.41) is 0. The molecule has 4 rings (SSSR count). The summed E-state index contributed by atoms with van der Waals surface area (Å²) >= 11 is 0. The molecule has 2 saturated heterocycles. The SMILES string of the molecule is O=C(c1ccccc1Cc1ccccc1)N1CCC(C(=O)N2CCCC2)CC1. The lowest BCUT2D eigenvalue weighted by atomic mass is 9.93. The van der Waals surface area contributed by atoms with E-state index in [1.165, 1.54) is 5.56 Å². The lowest BCUT2D eigenvalue weighted by Crippen LogP contribution is -2.44. The van der Waals surface area contributed by atoms with E-state index in [1.807, 2.05) is 52.3 Å². The molecule has 28 heavy (non-hydrogen) atoms. The molecule has 146 valence electrons. The van der Waals surface area contributed by atoms with Crippen molar-refractivity contribution in [2.45, 2.75) is 32.1 Å². The second-order valence-electron chi connectivity index (χ2n) is 7.92. The first kappa shape index (κ1) is 18.7. The van der Waals surface area contributed by atoms with Crippen LogP contribution in [0, 0.1) is 5.92 Å². The normalized spacial score (nSPS) is 17.7. The molecule has 0 unspecified atom stereocenters. The van der Waals surface area contributed by atoms with E-state index < -0.39 is 0 Å².